The van der Waals surface area contributed by atoms with Crippen molar-refractivity contribution in [3.05, 3.63) is 4.88 Å². The molecule has 0 aliphatic carbocycles. The quantitative estimate of drug-likeness (QED) is 0.707. The maximum absolute atomic E-state index is 11.9. The molecule has 0 saturated carbocycles. The smallest absolute Gasteiger partial charge is 0.176 e. The summed E-state index contributed by atoms with van der Waals surface area (Å²) < 4.78 is 5.35. The van der Waals surface area contributed by atoms with E-state index in [-0.39, 0.29) is 5.78 Å². The molecule has 0 spiro atoms. The summed E-state index contributed by atoms with van der Waals surface area (Å²) in [5, 5.41) is 4.29. The molecule has 1 rings (SSSR count). The van der Waals surface area contributed by atoms with Gasteiger partial charge in [0.05, 0.1) is 17.7 Å². The predicted octanol–water partition coefficient (Wildman–Crippen LogP) is 4.17. The average molecular weight is 298 g/mol. The molecule has 0 amide bonds. The monoisotopic (exact) mass is 298 g/mol. The molecule has 0 fully saturated rings. The number of nitrogens with one attached hydrogen (secondary N) is 1. The zero-order valence-electron chi connectivity index (χ0n) is 13.1. The Labute approximate surface area is 125 Å². The van der Waals surface area contributed by atoms with E-state index < -0.39 is 0 Å². The van der Waals surface area contributed by atoms with Crippen LogP contribution in [0.15, 0.2) is 0 Å². The summed E-state index contributed by atoms with van der Waals surface area (Å²) in [6.45, 7) is 8.42. The van der Waals surface area contributed by atoms with E-state index in [9.17, 15) is 4.79 Å². The second kappa shape index (κ2) is 7.53. The summed E-state index contributed by atoms with van der Waals surface area (Å²) >= 11 is 1.40. The molecule has 2 unspecified atom stereocenters. The highest BCUT2D eigenvalue weighted by Crippen LogP contribution is 2.43. The Kier molecular flexibility index (Phi) is 6.33. The first-order valence-corrected chi connectivity index (χ1v) is 8.02. The second-order valence-electron chi connectivity index (χ2n) is 5.28. The number of ether oxygens (including phenoxy) is 1. The van der Waals surface area contributed by atoms with E-state index in [1.165, 1.54) is 11.3 Å². The van der Waals surface area contributed by atoms with Crippen LogP contribution in [0.2, 0.25) is 0 Å². The Balaban J connectivity index is 2.92. The van der Waals surface area contributed by atoms with Crippen LogP contribution < -0.4 is 15.8 Å². The molecule has 114 valence electrons. The van der Waals surface area contributed by atoms with Crippen LogP contribution in [0.25, 0.3) is 0 Å². The fraction of sp³-hybridized carbons (Fsp3) is 0.667. The number of thiophene rings is 1. The van der Waals surface area contributed by atoms with Gasteiger partial charge in [-0.25, -0.2) is 0 Å². The van der Waals surface area contributed by atoms with Crippen LogP contribution in [0.4, 0.5) is 10.7 Å². The summed E-state index contributed by atoms with van der Waals surface area (Å²) in [4.78, 5) is 12.5. The van der Waals surface area contributed by atoms with Crippen molar-refractivity contribution >= 4 is 27.8 Å². The van der Waals surface area contributed by atoms with Crippen molar-refractivity contribution in [1.29, 1.82) is 0 Å². The van der Waals surface area contributed by atoms with Gasteiger partial charge in [-0.2, -0.15) is 0 Å². The molecular weight excluding hydrogens is 272 g/mol. The lowest BCUT2D eigenvalue weighted by atomic mass is 10.0. The lowest BCUT2D eigenvalue weighted by Gasteiger charge is -2.18. The number of rotatable bonds is 8. The number of carbonyl (C=O) groups is 1. The highest BCUT2D eigenvalue weighted by Gasteiger charge is 2.22. The van der Waals surface area contributed by atoms with Gasteiger partial charge in [0, 0.05) is 12.5 Å². The number of ketones is 1. The number of Topliss-reactive ketones (excluding diaryl/α,β-unsaturated/α-hetero) is 1. The van der Waals surface area contributed by atoms with Gasteiger partial charge >= 0.3 is 0 Å². The molecule has 1 aromatic heterocycles. The van der Waals surface area contributed by atoms with Gasteiger partial charge in [0.2, 0.25) is 0 Å². The fourth-order valence-electron chi connectivity index (χ4n) is 2.15. The van der Waals surface area contributed by atoms with Crippen molar-refractivity contribution < 1.29 is 9.53 Å². The molecule has 0 aliphatic heterocycles. The number of methoxy groups -OCH3 is 1. The van der Waals surface area contributed by atoms with Crippen molar-refractivity contribution in [3.63, 3.8) is 0 Å². The largest absolute Gasteiger partial charge is 0.492 e. The van der Waals surface area contributed by atoms with E-state index in [0.29, 0.717) is 34.7 Å². The molecule has 2 atom stereocenters. The van der Waals surface area contributed by atoms with E-state index in [1.807, 2.05) is 6.92 Å². The first-order valence-electron chi connectivity index (χ1n) is 7.20. The molecule has 0 radical (unpaired) electrons. The SMILES string of the molecule is CCC(=O)c1sc(NC(C)CC(C)CC)c(OC)c1N. The van der Waals surface area contributed by atoms with Gasteiger partial charge in [0.1, 0.15) is 5.00 Å². The number of hydrogen-bond donors (Lipinski definition) is 2. The second-order valence-corrected chi connectivity index (χ2v) is 6.30. The molecule has 0 bridgehead atoms. The van der Waals surface area contributed by atoms with E-state index >= 15 is 0 Å². The third-order valence-corrected chi connectivity index (χ3v) is 4.67. The normalized spacial score (nSPS) is 13.8. The minimum Gasteiger partial charge on any atom is -0.492 e. The highest BCUT2D eigenvalue weighted by molar-refractivity contribution is 7.19. The molecule has 0 saturated heterocycles. The zero-order valence-corrected chi connectivity index (χ0v) is 13.9. The minimum atomic E-state index is 0.0634. The van der Waals surface area contributed by atoms with Gasteiger partial charge in [-0.3, -0.25) is 4.79 Å². The summed E-state index contributed by atoms with van der Waals surface area (Å²) in [5.41, 5.74) is 6.48. The first-order chi connectivity index (χ1) is 9.44. The third-order valence-electron chi connectivity index (χ3n) is 3.51. The van der Waals surface area contributed by atoms with Crippen LogP contribution >= 0.6 is 11.3 Å². The summed E-state index contributed by atoms with van der Waals surface area (Å²) in [5.74, 6) is 1.33. The van der Waals surface area contributed by atoms with E-state index in [4.69, 9.17) is 10.5 Å². The molecule has 0 aromatic carbocycles. The van der Waals surface area contributed by atoms with Crippen molar-refractivity contribution in [2.24, 2.45) is 5.92 Å². The van der Waals surface area contributed by atoms with Crippen LogP contribution in [0, 0.1) is 5.92 Å². The van der Waals surface area contributed by atoms with Crippen LogP contribution in [0.3, 0.4) is 0 Å². The Hall–Kier alpha value is -1.23. The Morgan fingerprint density at radius 1 is 1.40 bits per heavy atom. The maximum atomic E-state index is 11.9. The van der Waals surface area contributed by atoms with Crippen molar-refractivity contribution in [2.45, 2.75) is 53.0 Å². The highest BCUT2D eigenvalue weighted by atomic mass is 32.1. The molecule has 1 aromatic rings. The lowest BCUT2D eigenvalue weighted by molar-refractivity contribution is 0.0992. The molecule has 5 heteroatoms. The molecule has 4 nitrogen and oxygen atoms in total. The third kappa shape index (κ3) is 3.88. The molecule has 3 N–H and O–H groups in total. The number of anilines is 2. The van der Waals surface area contributed by atoms with E-state index in [2.05, 4.69) is 26.1 Å². The van der Waals surface area contributed by atoms with Crippen molar-refractivity contribution in [1.82, 2.24) is 0 Å². The zero-order chi connectivity index (χ0) is 15.3. The number of hydrogen-bond acceptors (Lipinski definition) is 5. The number of carbonyl (C=O) groups excluding carboxylic acids is 1. The van der Waals surface area contributed by atoms with Gasteiger partial charge in [-0.05, 0) is 19.3 Å². The summed E-state index contributed by atoms with van der Waals surface area (Å²) in [6.07, 6.45) is 2.69. The van der Waals surface area contributed by atoms with Crippen LogP contribution in [0.1, 0.15) is 56.6 Å². The number of nitrogens with two attached hydrogens (primary N) is 1. The van der Waals surface area contributed by atoms with Crippen LogP contribution in [-0.2, 0) is 0 Å². The Morgan fingerprint density at radius 3 is 2.55 bits per heavy atom. The maximum Gasteiger partial charge on any atom is 0.176 e. The Bertz CT molecular complexity index is 457. The van der Waals surface area contributed by atoms with Gasteiger partial charge in [0.25, 0.3) is 0 Å². The summed E-state index contributed by atoms with van der Waals surface area (Å²) in [7, 11) is 1.59. The lowest BCUT2D eigenvalue weighted by Crippen LogP contribution is -2.17. The Morgan fingerprint density at radius 2 is 2.05 bits per heavy atom. The topological polar surface area (TPSA) is 64.3 Å². The van der Waals surface area contributed by atoms with Crippen molar-refractivity contribution in [2.75, 3.05) is 18.2 Å². The minimum absolute atomic E-state index is 0.0634. The summed E-state index contributed by atoms with van der Waals surface area (Å²) in [6, 6.07) is 0.321. The molecule has 0 aliphatic rings. The van der Waals surface area contributed by atoms with Gasteiger partial charge < -0.3 is 15.8 Å². The van der Waals surface area contributed by atoms with E-state index in [1.54, 1.807) is 7.11 Å². The van der Waals surface area contributed by atoms with Gasteiger partial charge in [-0.15, -0.1) is 11.3 Å². The molecule has 1 heterocycles. The number of nitrogen functional groups attached to an aromatic ring is 1. The molecule has 20 heavy (non-hydrogen) atoms. The standard InChI is InChI=1S/C15H26N2O2S/c1-6-9(3)8-10(4)17-15-13(19-5)12(16)14(20-15)11(18)7-2/h9-10,17H,6-8,16H2,1-5H3. The van der Waals surface area contributed by atoms with Gasteiger partial charge in [-0.1, -0.05) is 27.2 Å². The first kappa shape index (κ1) is 16.8. The fourth-order valence-corrected chi connectivity index (χ4v) is 3.36. The van der Waals surface area contributed by atoms with E-state index in [0.717, 1.165) is 17.8 Å². The molecular formula is C15H26N2O2S. The van der Waals surface area contributed by atoms with Crippen molar-refractivity contribution in [3.8, 4) is 5.75 Å². The van der Waals surface area contributed by atoms with Crippen LogP contribution in [-0.4, -0.2) is 18.9 Å². The predicted molar refractivity (Wildman–Crippen MR) is 87.1 cm³/mol. The average Bonchev–Trinajstić information content (AvgIpc) is 2.73. The van der Waals surface area contributed by atoms with Crippen LogP contribution in [0.5, 0.6) is 5.75 Å². The van der Waals surface area contributed by atoms with Gasteiger partial charge in [0.15, 0.2) is 11.5 Å².